The molecule has 0 aliphatic carbocycles. The fraction of sp³-hybridized carbons (Fsp3) is 0.500. The number of hydrogen-bond donors (Lipinski definition) is 1. The van der Waals surface area contributed by atoms with Crippen LogP contribution in [0.3, 0.4) is 0 Å². The maximum Gasteiger partial charge on any atom is 0.240 e. The van der Waals surface area contributed by atoms with Crippen molar-refractivity contribution in [3.8, 4) is 11.4 Å². The molecule has 0 unspecified atom stereocenters. The molecule has 0 radical (unpaired) electrons. The molecule has 1 amide bonds. The molecule has 0 fully saturated rings. The van der Waals surface area contributed by atoms with Crippen LogP contribution in [0.25, 0.3) is 5.69 Å². The van der Waals surface area contributed by atoms with Gasteiger partial charge in [0.1, 0.15) is 11.6 Å². The number of ether oxygens (including phenoxy) is 1. The van der Waals surface area contributed by atoms with Gasteiger partial charge < -0.3 is 10.1 Å². The monoisotopic (exact) mass is 422 g/mol. The molecule has 1 aromatic carbocycles. The first-order chi connectivity index (χ1) is 13.3. The highest BCUT2D eigenvalue weighted by molar-refractivity contribution is 7.88. The van der Waals surface area contributed by atoms with Gasteiger partial charge in [0.2, 0.25) is 15.9 Å². The standard InChI is InChI=1S/C20H30N4O4S/c1-14(2)23(29(7,26)27)13-19(25)21-18-12-17(20(3,4)5)22-24(18)15-8-10-16(28-6)11-9-15/h8-12,14H,13H2,1-7H3,(H,21,25). The smallest absolute Gasteiger partial charge is 0.240 e. The Morgan fingerprint density at radius 2 is 1.83 bits per heavy atom. The number of nitrogens with one attached hydrogen (secondary N) is 1. The van der Waals surface area contributed by atoms with E-state index >= 15 is 0 Å². The van der Waals surface area contributed by atoms with Gasteiger partial charge >= 0.3 is 0 Å². The molecule has 8 nitrogen and oxygen atoms in total. The first kappa shape index (κ1) is 22.9. The molecule has 0 saturated heterocycles. The van der Waals surface area contributed by atoms with E-state index in [0.29, 0.717) is 11.6 Å². The third kappa shape index (κ3) is 5.80. The van der Waals surface area contributed by atoms with Crippen molar-refractivity contribution in [2.24, 2.45) is 0 Å². The lowest BCUT2D eigenvalue weighted by molar-refractivity contribution is -0.116. The topological polar surface area (TPSA) is 93.5 Å². The molecule has 0 spiro atoms. The van der Waals surface area contributed by atoms with E-state index in [-0.39, 0.29) is 18.0 Å². The second-order valence-electron chi connectivity index (χ2n) is 8.22. The molecular weight excluding hydrogens is 392 g/mol. The van der Waals surface area contributed by atoms with Gasteiger partial charge in [-0.25, -0.2) is 13.1 Å². The van der Waals surface area contributed by atoms with Gasteiger partial charge in [0.05, 0.1) is 31.3 Å². The molecule has 0 atom stereocenters. The predicted molar refractivity (Wildman–Crippen MR) is 114 cm³/mol. The SMILES string of the molecule is COc1ccc(-n2nc(C(C)(C)C)cc2NC(=O)CN(C(C)C)S(C)(=O)=O)cc1. The minimum atomic E-state index is -3.50. The summed E-state index contributed by atoms with van der Waals surface area (Å²) in [5.74, 6) is 0.754. The van der Waals surface area contributed by atoms with Crippen LogP contribution < -0.4 is 10.1 Å². The summed E-state index contributed by atoms with van der Waals surface area (Å²) in [5.41, 5.74) is 1.32. The Balaban J connectivity index is 2.37. The number of carbonyl (C=O) groups is 1. The molecule has 0 saturated carbocycles. The molecular formula is C20H30N4O4S. The molecule has 0 aliphatic heterocycles. The molecule has 2 rings (SSSR count). The van der Waals surface area contributed by atoms with E-state index < -0.39 is 15.9 Å². The number of sulfonamides is 1. The highest BCUT2D eigenvalue weighted by atomic mass is 32.2. The minimum Gasteiger partial charge on any atom is -0.497 e. The van der Waals surface area contributed by atoms with Gasteiger partial charge in [-0.05, 0) is 38.1 Å². The van der Waals surface area contributed by atoms with Gasteiger partial charge in [-0.3, -0.25) is 4.79 Å². The fourth-order valence-corrected chi connectivity index (χ4v) is 3.88. The van der Waals surface area contributed by atoms with E-state index in [4.69, 9.17) is 4.74 Å². The maximum atomic E-state index is 12.6. The van der Waals surface area contributed by atoms with Crippen molar-refractivity contribution in [3.63, 3.8) is 0 Å². The van der Waals surface area contributed by atoms with Gasteiger partial charge in [-0.15, -0.1) is 0 Å². The number of carbonyl (C=O) groups excluding carboxylic acids is 1. The largest absolute Gasteiger partial charge is 0.497 e. The summed E-state index contributed by atoms with van der Waals surface area (Å²) in [6, 6.07) is 8.78. The zero-order chi connectivity index (χ0) is 22.0. The van der Waals surface area contributed by atoms with Gasteiger partial charge in [0.15, 0.2) is 0 Å². The lowest BCUT2D eigenvalue weighted by Gasteiger charge is -2.23. The van der Waals surface area contributed by atoms with Crippen molar-refractivity contribution in [2.45, 2.75) is 46.1 Å². The summed E-state index contributed by atoms with van der Waals surface area (Å²) >= 11 is 0. The van der Waals surface area contributed by atoms with Crippen LogP contribution in [0.15, 0.2) is 30.3 Å². The Hall–Kier alpha value is -2.39. The maximum absolute atomic E-state index is 12.6. The number of benzene rings is 1. The zero-order valence-electron chi connectivity index (χ0n) is 18.1. The second-order valence-corrected chi connectivity index (χ2v) is 10.2. The van der Waals surface area contributed by atoms with Crippen LogP contribution in [-0.4, -0.2) is 54.4 Å². The van der Waals surface area contributed by atoms with E-state index in [1.807, 2.05) is 51.1 Å². The molecule has 160 valence electrons. The van der Waals surface area contributed by atoms with Gasteiger partial charge in [-0.1, -0.05) is 20.8 Å². The van der Waals surface area contributed by atoms with Gasteiger partial charge in [0.25, 0.3) is 0 Å². The normalized spacial score (nSPS) is 12.4. The summed E-state index contributed by atoms with van der Waals surface area (Å²) in [4.78, 5) is 12.6. The number of amides is 1. The van der Waals surface area contributed by atoms with Crippen LogP contribution >= 0.6 is 0 Å². The van der Waals surface area contributed by atoms with Crippen molar-refractivity contribution in [1.82, 2.24) is 14.1 Å². The Bertz CT molecular complexity index is 957. The lowest BCUT2D eigenvalue weighted by Crippen LogP contribution is -2.41. The first-order valence-electron chi connectivity index (χ1n) is 9.34. The van der Waals surface area contributed by atoms with Crippen molar-refractivity contribution < 1.29 is 17.9 Å². The van der Waals surface area contributed by atoms with Gasteiger partial charge in [0, 0.05) is 17.5 Å². The van der Waals surface area contributed by atoms with Crippen molar-refractivity contribution in [1.29, 1.82) is 0 Å². The van der Waals surface area contributed by atoms with Gasteiger partial charge in [-0.2, -0.15) is 9.40 Å². The van der Waals surface area contributed by atoms with E-state index in [9.17, 15) is 13.2 Å². The molecule has 0 aliphatic rings. The predicted octanol–water partition coefficient (Wildman–Crippen LogP) is 2.79. The Kier molecular flexibility index (Phi) is 6.74. The molecule has 1 N–H and O–H groups in total. The third-order valence-electron chi connectivity index (χ3n) is 4.36. The number of aromatic nitrogens is 2. The Labute approximate surface area is 172 Å². The molecule has 1 aromatic heterocycles. The number of nitrogens with zero attached hydrogens (tertiary/aromatic N) is 3. The second kappa shape index (κ2) is 8.54. The summed E-state index contributed by atoms with van der Waals surface area (Å²) in [7, 11) is -1.91. The van der Waals surface area contributed by atoms with Crippen LogP contribution in [0.4, 0.5) is 5.82 Å². The molecule has 9 heteroatoms. The Morgan fingerprint density at radius 3 is 2.28 bits per heavy atom. The quantitative estimate of drug-likeness (QED) is 0.741. The summed E-state index contributed by atoms with van der Waals surface area (Å²) < 4.78 is 31.9. The van der Waals surface area contributed by atoms with Crippen molar-refractivity contribution in [3.05, 3.63) is 36.0 Å². The van der Waals surface area contributed by atoms with Crippen LogP contribution in [0, 0.1) is 0 Å². The fourth-order valence-electron chi connectivity index (χ4n) is 2.76. The van der Waals surface area contributed by atoms with E-state index in [1.54, 1.807) is 25.6 Å². The number of rotatable bonds is 7. The number of methoxy groups -OCH3 is 1. The van der Waals surface area contributed by atoms with Crippen LogP contribution in [0.1, 0.15) is 40.3 Å². The van der Waals surface area contributed by atoms with Crippen molar-refractivity contribution in [2.75, 3.05) is 25.2 Å². The first-order valence-corrected chi connectivity index (χ1v) is 11.2. The molecule has 29 heavy (non-hydrogen) atoms. The average Bonchev–Trinajstić information content (AvgIpc) is 3.02. The molecule has 2 aromatic rings. The van der Waals surface area contributed by atoms with Crippen LogP contribution in [-0.2, 0) is 20.2 Å². The molecule has 0 bridgehead atoms. The summed E-state index contributed by atoms with van der Waals surface area (Å²) in [6.07, 6.45) is 1.10. The number of hydrogen-bond acceptors (Lipinski definition) is 5. The summed E-state index contributed by atoms with van der Waals surface area (Å²) in [6.45, 7) is 9.28. The Morgan fingerprint density at radius 1 is 1.24 bits per heavy atom. The van der Waals surface area contributed by atoms with Crippen molar-refractivity contribution >= 4 is 21.7 Å². The van der Waals surface area contributed by atoms with Crippen LogP contribution in [0.2, 0.25) is 0 Å². The van der Waals surface area contributed by atoms with E-state index in [2.05, 4.69) is 10.4 Å². The van der Waals surface area contributed by atoms with E-state index in [1.165, 1.54) is 0 Å². The highest BCUT2D eigenvalue weighted by Crippen LogP contribution is 2.27. The third-order valence-corrected chi connectivity index (χ3v) is 5.77. The molecule has 1 heterocycles. The van der Waals surface area contributed by atoms with Crippen LogP contribution in [0.5, 0.6) is 5.75 Å². The average molecular weight is 423 g/mol. The highest BCUT2D eigenvalue weighted by Gasteiger charge is 2.25. The zero-order valence-corrected chi connectivity index (χ0v) is 18.9. The lowest BCUT2D eigenvalue weighted by atomic mass is 9.92. The number of anilines is 1. The minimum absolute atomic E-state index is 0.228. The summed E-state index contributed by atoms with van der Waals surface area (Å²) in [5, 5.41) is 7.46. The van der Waals surface area contributed by atoms with E-state index in [0.717, 1.165) is 21.9 Å².